The Labute approximate surface area is 312 Å². The van der Waals surface area contributed by atoms with E-state index in [0.29, 0.717) is 39.0 Å². The van der Waals surface area contributed by atoms with E-state index in [1.54, 1.807) is 0 Å². The highest BCUT2D eigenvalue weighted by molar-refractivity contribution is 5.95. The van der Waals surface area contributed by atoms with Gasteiger partial charge >= 0.3 is 0 Å². The molecule has 9 nitrogen and oxygen atoms in total. The van der Waals surface area contributed by atoms with Crippen LogP contribution in [0.5, 0.6) is 5.75 Å². The number of hydrogen-bond donors (Lipinski definition) is 3. The van der Waals surface area contributed by atoms with Crippen LogP contribution in [0.15, 0.2) is 103 Å². The van der Waals surface area contributed by atoms with Crippen LogP contribution < -0.4 is 20.7 Å². The molecule has 2 aliphatic heterocycles. The van der Waals surface area contributed by atoms with Gasteiger partial charge in [-0.05, 0) is 96.9 Å². The second-order valence-electron chi connectivity index (χ2n) is 14.2. The van der Waals surface area contributed by atoms with E-state index < -0.39 is 18.0 Å². The van der Waals surface area contributed by atoms with E-state index in [0.717, 1.165) is 58.4 Å². The SMILES string of the molecule is Cc1ccc2cc1CNC(=O)C(CCc1ccccc1)NC(=O)[C@@H](NC(=O)CCc1ccccc1-c1ccccc1)CC(=O)N1CCCC(CCO2)C1. The largest absolute Gasteiger partial charge is 0.494 e. The Bertz CT molecular complexity index is 1860. The second-order valence-corrected chi connectivity index (χ2v) is 14.2. The lowest BCUT2D eigenvalue weighted by Crippen LogP contribution is -2.55. The summed E-state index contributed by atoms with van der Waals surface area (Å²) in [5.74, 6) is -0.414. The smallest absolute Gasteiger partial charge is 0.243 e. The normalized spacial score (nSPS) is 19.9. The molecule has 4 bridgehead atoms. The van der Waals surface area contributed by atoms with Crippen molar-refractivity contribution < 1.29 is 23.9 Å². The zero-order valence-corrected chi connectivity index (χ0v) is 30.5. The third kappa shape index (κ3) is 10.6. The molecule has 0 saturated carbocycles. The first-order valence-electron chi connectivity index (χ1n) is 18.9. The van der Waals surface area contributed by atoms with Crippen molar-refractivity contribution >= 4 is 23.6 Å². The van der Waals surface area contributed by atoms with Gasteiger partial charge in [-0.1, -0.05) is 91.0 Å². The molecule has 0 radical (unpaired) electrons. The number of fused-ring (bicyclic) bond motifs is 4. The number of nitrogens with zero attached hydrogens (tertiary/aromatic N) is 1. The van der Waals surface area contributed by atoms with Crippen LogP contribution in [-0.2, 0) is 38.6 Å². The highest BCUT2D eigenvalue weighted by Gasteiger charge is 2.32. The minimum Gasteiger partial charge on any atom is -0.494 e. The van der Waals surface area contributed by atoms with Crippen LogP contribution in [0.4, 0.5) is 0 Å². The molecule has 53 heavy (non-hydrogen) atoms. The Morgan fingerprint density at radius 1 is 0.868 bits per heavy atom. The highest BCUT2D eigenvalue weighted by atomic mass is 16.5. The molecule has 9 heteroatoms. The number of piperidine rings is 1. The first kappa shape index (κ1) is 37.3. The van der Waals surface area contributed by atoms with Crippen molar-refractivity contribution in [3.8, 4) is 16.9 Å². The molecule has 6 rings (SSSR count). The summed E-state index contributed by atoms with van der Waals surface area (Å²) in [6, 6.07) is 31.6. The number of ether oxygens (including phenoxy) is 1. The van der Waals surface area contributed by atoms with Gasteiger partial charge < -0.3 is 25.6 Å². The summed E-state index contributed by atoms with van der Waals surface area (Å²) >= 11 is 0. The van der Waals surface area contributed by atoms with Gasteiger partial charge in [0.15, 0.2) is 0 Å². The summed E-state index contributed by atoms with van der Waals surface area (Å²) in [5.41, 5.74) is 6.10. The molecule has 1 fully saturated rings. The van der Waals surface area contributed by atoms with E-state index in [1.807, 2.05) is 115 Å². The van der Waals surface area contributed by atoms with E-state index in [2.05, 4.69) is 16.0 Å². The number of nitrogens with one attached hydrogen (secondary N) is 3. The van der Waals surface area contributed by atoms with Gasteiger partial charge in [-0.2, -0.15) is 0 Å². The van der Waals surface area contributed by atoms with Crippen LogP contribution in [-0.4, -0.2) is 60.3 Å². The second kappa shape index (κ2) is 18.4. The molecule has 2 heterocycles. The summed E-state index contributed by atoms with van der Waals surface area (Å²) in [5, 5.41) is 8.86. The van der Waals surface area contributed by atoms with Crippen LogP contribution in [0, 0.1) is 12.8 Å². The fraction of sp³-hybridized carbons (Fsp3) is 0.364. The van der Waals surface area contributed by atoms with Crippen LogP contribution in [0.3, 0.4) is 0 Å². The molecule has 4 amide bonds. The van der Waals surface area contributed by atoms with Crippen molar-refractivity contribution in [3.05, 3.63) is 125 Å². The minimum atomic E-state index is -1.15. The lowest BCUT2D eigenvalue weighted by Gasteiger charge is -2.34. The molecule has 1 saturated heterocycles. The summed E-state index contributed by atoms with van der Waals surface area (Å²) in [6.45, 7) is 3.94. The summed E-state index contributed by atoms with van der Waals surface area (Å²) < 4.78 is 6.14. The third-order valence-corrected chi connectivity index (χ3v) is 10.4. The third-order valence-electron chi connectivity index (χ3n) is 10.4. The zero-order chi connectivity index (χ0) is 37.0. The van der Waals surface area contributed by atoms with Crippen molar-refractivity contribution in [2.24, 2.45) is 5.92 Å². The van der Waals surface area contributed by atoms with Crippen molar-refractivity contribution in [3.63, 3.8) is 0 Å². The van der Waals surface area contributed by atoms with Gasteiger partial charge in [0.05, 0.1) is 13.0 Å². The van der Waals surface area contributed by atoms with Crippen molar-refractivity contribution in [2.45, 2.75) is 76.9 Å². The maximum atomic E-state index is 14.1. The van der Waals surface area contributed by atoms with Crippen molar-refractivity contribution in [2.75, 3.05) is 19.7 Å². The molecule has 4 aromatic rings. The highest BCUT2D eigenvalue weighted by Crippen LogP contribution is 2.25. The van der Waals surface area contributed by atoms with E-state index in [4.69, 9.17) is 4.74 Å². The molecule has 0 aromatic heterocycles. The number of hydrogen-bond acceptors (Lipinski definition) is 5. The molecule has 4 aromatic carbocycles. The van der Waals surface area contributed by atoms with E-state index in [-0.39, 0.29) is 43.0 Å². The Morgan fingerprint density at radius 2 is 1.62 bits per heavy atom. The molecule has 0 spiro atoms. The van der Waals surface area contributed by atoms with Gasteiger partial charge in [0.25, 0.3) is 0 Å². The number of aryl methyl sites for hydroxylation is 3. The topological polar surface area (TPSA) is 117 Å². The average molecular weight is 715 g/mol. The Morgan fingerprint density at radius 3 is 2.43 bits per heavy atom. The molecule has 3 atom stereocenters. The fourth-order valence-corrected chi connectivity index (χ4v) is 7.27. The Hall–Kier alpha value is -5.44. The van der Waals surface area contributed by atoms with Gasteiger partial charge in [-0.3, -0.25) is 19.2 Å². The quantitative estimate of drug-likeness (QED) is 0.210. The maximum Gasteiger partial charge on any atom is 0.243 e. The predicted octanol–water partition coefficient (Wildman–Crippen LogP) is 5.92. The number of carbonyl (C=O) groups excluding carboxylic acids is 4. The Balaban J connectivity index is 1.22. The van der Waals surface area contributed by atoms with Crippen LogP contribution in [0.2, 0.25) is 0 Å². The van der Waals surface area contributed by atoms with Crippen LogP contribution in [0.1, 0.15) is 60.8 Å². The first-order chi connectivity index (χ1) is 25.8. The standard InChI is InChI=1S/C44H50N4O5/c1-31-18-21-37-27-36(31)29-45-43(51)39(22-19-32-11-4-2-5-12-32)47-44(52)40(28-42(50)48-25-10-13-33(30-48)24-26-53-37)46-41(49)23-20-35-16-8-9-17-38(35)34-14-6-3-7-15-34/h2-9,11-12,14-18,21,27,33,39-40H,10,13,19-20,22-26,28-30H2,1H3,(H,45,51)(H,46,49)(H,47,52)/t33?,39?,40-/m0/s1. The van der Waals surface area contributed by atoms with Gasteiger partial charge in [0.1, 0.15) is 17.8 Å². The molecular formula is C44H50N4O5. The van der Waals surface area contributed by atoms with Gasteiger partial charge in [0, 0.05) is 26.1 Å². The van der Waals surface area contributed by atoms with Crippen molar-refractivity contribution in [1.82, 2.24) is 20.9 Å². The lowest BCUT2D eigenvalue weighted by molar-refractivity contribution is -0.138. The summed E-state index contributed by atoms with van der Waals surface area (Å²) in [6.07, 6.45) is 3.91. The molecule has 276 valence electrons. The number of rotatable bonds is 8. The fourth-order valence-electron chi connectivity index (χ4n) is 7.27. The number of carbonyl (C=O) groups is 4. The molecule has 2 aliphatic rings. The zero-order valence-electron chi connectivity index (χ0n) is 30.5. The summed E-state index contributed by atoms with van der Waals surface area (Å²) in [4.78, 5) is 57.2. The minimum absolute atomic E-state index is 0.129. The number of benzene rings is 4. The van der Waals surface area contributed by atoms with Crippen molar-refractivity contribution in [1.29, 1.82) is 0 Å². The number of amides is 4. The van der Waals surface area contributed by atoms with E-state index >= 15 is 0 Å². The van der Waals surface area contributed by atoms with Crippen LogP contribution >= 0.6 is 0 Å². The van der Waals surface area contributed by atoms with Gasteiger partial charge in [-0.15, -0.1) is 0 Å². The van der Waals surface area contributed by atoms with E-state index in [9.17, 15) is 19.2 Å². The average Bonchev–Trinajstić information content (AvgIpc) is 3.19. The maximum absolute atomic E-state index is 14.1. The summed E-state index contributed by atoms with van der Waals surface area (Å²) in [7, 11) is 0. The van der Waals surface area contributed by atoms with Crippen LogP contribution in [0.25, 0.3) is 11.1 Å². The first-order valence-corrected chi connectivity index (χ1v) is 18.9. The molecular weight excluding hydrogens is 665 g/mol. The predicted molar refractivity (Wildman–Crippen MR) is 206 cm³/mol. The monoisotopic (exact) mass is 714 g/mol. The van der Waals surface area contributed by atoms with Gasteiger partial charge in [-0.25, -0.2) is 0 Å². The van der Waals surface area contributed by atoms with E-state index in [1.165, 1.54) is 0 Å². The molecule has 2 unspecified atom stereocenters. The molecule has 0 aliphatic carbocycles. The lowest BCUT2D eigenvalue weighted by atomic mass is 9.94. The van der Waals surface area contributed by atoms with Gasteiger partial charge in [0.2, 0.25) is 23.6 Å². The Kier molecular flexibility index (Phi) is 12.9. The molecule has 3 N–H and O–H groups in total.